The average molecular weight is 392 g/mol. The van der Waals surface area contributed by atoms with E-state index >= 15 is 0 Å². The van der Waals surface area contributed by atoms with Crippen LogP contribution in [-0.4, -0.2) is 62.5 Å². The van der Waals surface area contributed by atoms with Gasteiger partial charge in [0.1, 0.15) is 10.6 Å². The Kier molecular flexibility index (Phi) is 5.25. The van der Waals surface area contributed by atoms with Gasteiger partial charge >= 0.3 is 0 Å². The molecule has 2 aliphatic rings. The summed E-state index contributed by atoms with van der Waals surface area (Å²) in [6.45, 7) is 3.84. The number of sulfonamides is 2. The van der Waals surface area contributed by atoms with E-state index in [0.29, 0.717) is 5.69 Å². The third kappa shape index (κ3) is 3.76. The van der Waals surface area contributed by atoms with Crippen LogP contribution in [0.15, 0.2) is 9.42 Å². The predicted octanol–water partition coefficient (Wildman–Crippen LogP) is 1.12. The molecule has 1 aliphatic heterocycles. The maximum absolute atomic E-state index is 12.8. The van der Waals surface area contributed by atoms with Crippen molar-refractivity contribution >= 4 is 20.0 Å². The van der Waals surface area contributed by atoms with Crippen molar-refractivity contribution in [2.24, 2.45) is 5.92 Å². The lowest BCUT2D eigenvalue weighted by Crippen LogP contribution is -2.51. The van der Waals surface area contributed by atoms with E-state index in [-0.39, 0.29) is 48.5 Å². The molecule has 1 aliphatic carbocycles. The van der Waals surface area contributed by atoms with Gasteiger partial charge in [-0.15, -0.1) is 0 Å². The first kappa shape index (κ1) is 18.8. The standard InChI is InChI=1S/C15H25N3O5S2/c1-12-15(13(2)23-16-12)25(21,22)18-9-7-17(8-10-18)24(19,20)11-14-5-3-4-6-14/h14H,3-11H2,1-2H3. The molecular formula is C15H25N3O5S2. The van der Waals surface area contributed by atoms with Crippen LogP contribution in [0.3, 0.4) is 0 Å². The Morgan fingerprint density at radius 3 is 2.08 bits per heavy atom. The molecule has 1 saturated heterocycles. The third-order valence-corrected chi connectivity index (χ3v) is 9.27. The summed E-state index contributed by atoms with van der Waals surface area (Å²) in [6.07, 6.45) is 4.15. The fourth-order valence-corrected chi connectivity index (χ4v) is 7.31. The molecule has 1 aromatic rings. The van der Waals surface area contributed by atoms with Crippen LogP contribution >= 0.6 is 0 Å². The molecule has 2 fully saturated rings. The minimum absolute atomic E-state index is 0.0924. The highest BCUT2D eigenvalue weighted by atomic mass is 32.2. The fraction of sp³-hybridized carbons (Fsp3) is 0.800. The van der Waals surface area contributed by atoms with Crippen LogP contribution in [0.25, 0.3) is 0 Å². The van der Waals surface area contributed by atoms with Crippen molar-refractivity contribution in [2.45, 2.75) is 44.4 Å². The van der Waals surface area contributed by atoms with Gasteiger partial charge in [-0.05, 0) is 32.6 Å². The van der Waals surface area contributed by atoms with E-state index in [0.717, 1.165) is 25.7 Å². The zero-order valence-corrected chi connectivity index (χ0v) is 16.3. The fourth-order valence-electron chi connectivity index (χ4n) is 3.74. The molecule has 25 heavy (non-hydrogen) atoms. The topological polar surface area (TPSA) is 101 Å². The first-order valence-corrected chi connectivity index (χ1v) is 11.7. The largest absolute Gasteiger partial charge is 0.360 e. The molecule has 0 N–H and O–H groups in total. The van der Waals surface area contributed by atoms with Crippen LogP contribution in [0.4, 0.5) is 0 Å². The van der Waals surface area contributed by atoms with Crippen molar-refractivity contribution in [3.05, 3.63) is 11.5 Å². The number of nitrogens with zero attached hydrogens (tertiary/aromatic N) is 3. The highest BCUT2D eigenvalue weighted by Crippen LogP contribution is 2.28. The Morgan fingerprint density at radius 1 is 1.00 bits per heavy atom. The van der Waals surface area contributed by atoms with Gasteiger partial charge in [0, 0.05) is 26.2 Å². The van der Waals surface area contributed by atoms with E-state index in [9.17, 15) is 16.8 Å². The van der Waals surface area contributed by atoms with Crippen LogP contribution in [0.2, 0.25) is 0 Å². The number of aromatic nitrogens is 1. The third-order valence-electron chi connectivity index (χ3n) is 5.08. The number of hydrogen-bond donors (Lipinski definition) is 0. The highest BCUT2D eigenvalue weighted by molar-refractivity contribution is 7.89. The second-order valence-electron chi connectivity index (χ2n) is 6.89. The van der Waals surface area contributed by atoms with Crippen molar-refractivity contribution < 1.29 is 21.4 Å². The molecule has 10 heteroatoms. The summed E-state index contributed by atoms with van der Waals surface area (Å²) >= 11 is 0. The molecule has 0 bridgehead atoms. The second-order valence-corrected chi connectivity index (χ2v) is 10.8. The van der Waals surface area contributed by atoms with Gasteiger partial charge in [0.15, 0.2) is 5.76 Å². The minimum atomic E-state index is -3.72. The molecule has 142 valence electrons. The Bertz CT molecular complexity index is 798. The van der Waals surface area contributed by atoms with Gasteiger partial charge < -0.3 is 4.52 Å². The van der Waals surface area contributed by atoms with Crippen molar-refractivity contribution in [2.75, 3.05) is 31.9 Å². The normalized spacial score (nSPS) is 21.8. The van der Waals surface area contributed by atoms with Gasteiger partial charge in [-0.1, -0.05) is 18.0 Å². The van der Waals surface area contributed by atoms with E-state index in [1.54, 1.807) is 13.8 Å². The molecular weight excluding hydrogens is 366 g/mol. The smallest absolute Gasteiger partial charge is 0.248 e. The monoisotopic (exact) mass is 391 g/mol. The Morgan fingerprint density at radius 2 is 1.56 bits per heavy atom. The van der Waals surface area contributed by atoms with Gasteiger partial charge in [-0.2, -0.15) is 8.61 Å². The molecule has 1 saturated carbocycles. The SMILES string of the molecule is Cc1noc(C)c1S(=O)(=O)N1CCN(S(=O)(=O)CC2CCCC2)CC1. The summed E-state index contributed by atoms with van der Waals surface area (Å²) in [5, 5.41) is 3.70. The zero-order valence-electron chi connectivity index (χ0n) is 14.6. The first-order chi connectivity index (χ1) is 11.7. The molecule has 0 atom stereocenters. The second kappa shape index (κ2) is 6.98. The van der Waals surface area contributed by atoms with Crippen LogP contribution in [-0.2, 0) is 20.0 Å². The van der Waals surface area contributed by atoms with Crippen LogP contribution < -0.4 is 0 Å². The molecule has 1 aromatic heterocycles. The van der Waals surface area contributed by atoms with Crippen molar-refractivity contribution in [1.29, 1.82) is 0 Å². The van der Waals surface area contributed by atoms with E-state index in [1.165, 1.54) is 8.61 Å². The molecule has 0 spiro atoms. The zero-order chi connectivity index (χ0) is 18.2. The maximum Gasteiger partial charge on any atom is 0.248 e. The molecule has 8 nitrogen and oxygen atoms in total. The molecule has 0 aromatic carbocycles. The molecule has 3 rings (SSSR count). The summed E-state index contributed by atoms with van der Waals surface area (Å²) in [4.78, 5) is 0.0924. The molecule has 0 unspecified atom stereocenters. The summed E-state index contributed by atoms with van der Waals surface area (Å²) in [5.74, 6) is 0.687. The quantitative estimate of drug-likeness (QED) is 0.745. The molecule has 0 amide bonds. The van der Waals surface area contributed by atoms with Crippen molar-refractivity contribution in [3.8, 4) is 0 Å². The van der Waals surface area contributed by atoms with Gasteiger partial charge in [0.2, 0.25) is 20.0 Å². The molecule has 2 heterocycles. The predicted molar refractivity (Wildman–Crippen MR) is 92.1 cm³/mol. The summed E-state index contributed by atoms with van der Waals surface area (Å²) in [5.41, 5.74) is 0.328. The number of aryl methyl sites for hydroxylation is 2. The lowest BCUT2D eigenvalue weighted by atomic mass is 10.1. The van der Waals surface area contributed by atoms with Gasteiger partial charge in [0.25, 0.3) is 0 Å². The van der Waals surface area contributed by atoms with Gasteiger partial charge in [0.05, 0.1) is 5.75 Å². The van der Waals surface area contributed by atoms with Crippen molar-refractivity contribution in [1.82, 2.24) is 13.8 Å². The summed E-state index contributed by atoms with van der Waals surface area (Å²) in [6, 6.07) is 0. The Hall–Kier alpha value is -0.970. The maximum atomic E-state index is 12.8. The summed E-state index contributed by atoms with van der Waals surface area (Å²) < 4.78 is 58.4. The van der Waals surface area contributed by atoms with Crippen LogP contribution in [0, 0.1) is 19.8 Å². The van der Waals surface area contributed by atoms with Gasteiger partial charge in [-0.25, -0.2) is 16.8 Å². The molecule has 0 radical (unpaired) electrons. The highest BCUT2D eigenvalue weighted by Gasteiger charge is 2.36. The van der Waals surface area contributed by atoms with Gasteiger partial charge in [-0.3, -0.25) is 0 Å². The minimum Gasteiger partial charge on any atom is -0.360 e. The summed E-state index contributed by atoms with van der Waals surface area (Å²) in [7, 11) is -7.04. The van der Waals surface area contributed by atoms with E-state index in [4.69, 9.17) is 4.52 Å². The van der Waals surface area contributed by atoms with E-state index in [1.807, 2.05) is 0 Å². The van der Waals surface area contributed by atoms with E-state index < -0.39 is 20.0 Å². The lowest BCUT2D eigenvalue weighted by Gasteiger charge is -2.33. The number of piperazine rings is 1. The Balaban J connectivity index is 1.67. The number of rotatable bonds is 5. The van der Waals surface area contributed by atoms with E-state index in [2.05, 4.69) is 5.16 Å². The average Bonchev–Trinajstić information content (AvgIpc) is 3.17. The van der Waals surface area contributed by atoms with Crippen molar-refractivity contribution in [3.63, 3.8) is 0 Å². The van der Waals surface area contributed by atoms with Crippen LogP contribution in [0.1, 0.15) is 37.1 Å². The Labute approximate surface area is 149 Å². The van der Waals surface area contributed by atoms with Crippen LogP contribution in [0.5, 0.6) is 0 Å². The lowest BCUT2D eigenvalue weighted by molar-refractivity contribution is 0.271. The number of hydrogen-bond acceptors (Lipinski definition) is 6. The first-order valence-electron chi connectivity index (χ1n) is 8.62.